The molecule has 2 radical (unpaired) electrons. The lowest BCUT2D eigenvalue weighted by Crippen LogP contribution is -2.55. The molecule has 1 aliphatic heterocycles. The predicted molar refractivity (Wildman–Crippen MR) is 168 cm³/mol. The van der Waals surface area contributed by atoms with Gasteiger partial charge in [0.2, 0.25) is 0 Å². The number of benzene rings is 3. The molecular formula is C34H43BN2O6. The SMILES string of the molecule is [B]N1CC(COc2cccc(OCc3ccccc3)c2)CC(N(C(=O)c2ccc(OC)c(OCCCOC)c2)C(C)C)C1. The first-order valence-corrected chi connectivity index (χ1v) is 14.9. The molecule has 9 heteroatoms. The minimum Gasteiger partial charge on any atom is -0.493 e. The standard InChI is InChI=1S/C34H43BN2O6/c1-25(2)37(34(38)28-14-15-32(40-4)33(19-28)41-17-9-16-39-3)29-18-27(21-36(35)22-29)24-43-31-13-8-12-30(20-31)42-23-26-10-6-5-7-11-26/h5-8,10-15,19-20,25,27,29H,9,16-18,21-24H2,1-4H3. The average Bonchev–Trinajstić information content (AvgIpc) is 3.01. The Bertz CT molecular complexity index is 1290. The summed E-state index contributed by atoms with van der Waals surface area (Å²) in [6.07, 6.45) is 1.51. The average molecular weight is 587 g/mol. The maximum atomic E-state index is 13.9. The van der Waals surface area contributed by atoms with E-state index in [1.165, 1.54) is 0 Å². The fourth-order valence-corrected chi connectivity index (χ4v) is 5.42. The van der Waals surface area contributed by atoms with Crippen molar-refractivity contribution < 1.29 is 28.5 Å². The Hall–Kier alpha value is -3.69. The van der Waals surface area contributed by atoms with E-state index in [-0.39, 0.29) is 23.9 Å². The van der Waals surface area contributed by atoms with Crippen molar-refractivity contribution in [2.45, 2.75) is 45.4 Å². The highest BCUT2D eigenvalue weighted by molar-refractivity contribution is 6.04. The van der Waals surface area contributed by atoms with Crippen LogP contribution in [0.5, 0.6) is 23.0 Å². The second-order valence-electron chi connectivity index (χ2n) is 11.1. The summed E-state index contributed by atoms with van der Waals surface area (Å²) in [5.74, 6) is 2.69. The van der Waals surface area contributed by atoms with Gasteiger partial charge in [-0.25, -0.2) is 0 Å². The molecule has 0 bridgehead atoms. The molecule has 2 atom stereocenters. The van der Waals surface area contributed by atoms with E-state index in [2.05, 4.69) is 0 Å². The van der Waals surface area contributed by atoms with Crippen LogP contribution in [0, 0.1) is 5.92 Å². The lowest BCUT2D eigenvalue weighted by Gasteiger charge is -2.43. The van der Waals surface area contributed by atoms with Gasteiger partial charge in [0.05, 0.1) is 20.3 Å². The van der Waals surface area contributed by atoms with E-state index in [9.17, 15) is 4.79 Å². The number of amides is 1. The van der Waals surface area contributed by atoms with Gasteiger partial charge in [0.25, 0.3) is 5.91 Å². The molecule has 228 valence electrons. The number of hydrogen-bond donors (Lipinski definition) is 0. The Labute approximate surface area is 257 Å². The molecule has 3 aromatic rings. The molecule has 8 nitrogen and oxygen atoms in total. The molecule has 0 saturated carbocycles. The first-order valence-electron chi connectivity index (χ1n) is 14.9. The zero-order valence-corrected chi connectivity index (χ0v) is 25.7. The predicted octanol–water partition coefficient (Wildman–Crippen LogP) is 5.39. The molecule has 4 rings (SSSR count). The van der Waals surface area contributed by atoms with Crippen molar-refractivity contribution in [1.82, 2.24) is 9.71 Å². The molecule has 1 amide bonds. The molecule has 0 aliphatic carbocycles. The van der Waals surface area contributed by atoms with Gasteiger partial charge < -0.3 is 33.4 Å². The second-order valence-corrected chi connectivity index (χ2v) is 11.1. The highest BCUT2D eigenvalue weighted by atomic mass is 16.5. The number of carbonyl (C=O) groups excluding carboxylic acids is 1. The topological polar surface area (TPSA) is 69.7 Å². The van der Waals surface area contributed by atoms with E-state index in [0.717, 1.165) is 29.9 Å². The molecule has 0 N–H and O–H groups in total. The lowest BCUT2D eigenvalue weighted by atomic mass is 9.90. The highest BCUT2D eigenvalue weighted by Crippen LogP contribution is 2.31. The number of carbonyl (C=O) groups is 1. The third kappa shape index (κ3) is 9.40. The molecule has 0 aromatic heterocycles. The van der Waals surface area contributed by atoms with Gasteiger partial charge in [-0.15, -0.1) is 0 Å². The van der Waals surface area contributed by atoms with Crippen LogP contribution in [0.3, 0.4) is 0 Å². The maximum Gasteiger partial charge on any atom is 0.254 e. The van der Waals surface area contributed by atoms with Crippen LogP contribution in [0.15, 0.2) is 72.8 Å². The van der Waals surface area contributed by atoms with E-state index < -0.39 is 0 Å². The van der Waals surface area contributed by atoms with Crippen LogP contribution in [0.4, 0.5) is 0 Å². The van der Waals surface area contributed by atoms with Crippen molar-refractivity contribution in [1.29, 1.82) is 0 Å². The summed E-state index contributed by atoms with van der Waals surface area (Å²) in [7, 11) is 9.64. The number of piperidine rings is 1. The van der Waals surface area contributed by atoms with Gasteiger partial charge in [0.1, 0.15) is 18.1 Å². The fourth-order valence-electron chi connectivity index (χ4n) is 5.42. The Morgan fingerprint density at radius 1 is 0.907 bits per heavy atom. The molecule has 1 fully saturated rings. The lowest BCUT2D eigenvalue weighted by molar-refractivity contribution is 0.0421. The summed E-state index contributed by atoms with van der Waals surface area (Å²) in [5, 5.41) is 0. The van der Waals surface area contributed by atoms with Crippen LogP contribution in [0.1, 0.15) is 42.6 Å². The van der Waals surface area contributed by atoms with Crippen LogP contribution in [-0.4, -0.2) is 82.8 Å². The first kappa shape index (κ1) is 32.2. The number of ether oxygens (including phenoxy) is 5. The summed E-state index contributed by atoms with van der Waals surface area (Å²) < 4.78 is 28.7. The quantitative estimate of drug-likeness (QED) is 0.175. The fraction of sp³-hybridized carbons (Fsp3) is 0.441. The van der Waals surface area contributed by atoms with Crippen molar-refractivity contribution in [3.05, 3.63) is 83.9 Å². The zero-order valence-electron chi connectivity index (χ0n) is 25.7. The van der Waals surface area contributed by atoms with Crippen LogP contribution in [-0.2, 0) is 11.3 Å². The Morgan fingerprint density at radius 3 is 2.40 bits per heavy atom. The minimum atomic E-state index is -0.0754. The number of nitrogens with zero attached hydrogens (tertiary/aromatic N) is 2. The van der Waals surface area contributed by atoms with Crippen molar-refractivity contribution in [2.24, 2.45) is 5.92 Å². The van der Waals surface area contributed by atoms with Crippen LogP contribution < -0.4 is 18.9 Å². The van der Waals surface area contributed by atoms with Crippen molar-refractivity contribution in [2.75, 3.05) is 47.1 Å². The zero-order chi connectivity index (χ0) is 30.6. The Morgan fingerprint density at radius 2 is 1.67 bits per heavy atom. The molecule has 3 aromatic carbocycles. The third-order valence-corrected chi connectivity index (χ3v) is 7.43. The van der Waals surface area contributed by atoms with Gasteiger partial charge in [-0.2, -0.15) is 0 Å². The van der Waals surface area contributed by atoms with Gasteiger partial charge >= 0.3 is 0 Å². The van der Waals surface area contributed by atoms with Crippen molar-refractivity contribution >= 4 is 13.9 Å². The first-order chi connectivity index (χ1) is 20.9. The van der Waals surface area contributed by atoms with Crippen LogP contribution >= 0.6 is 0 Å². The van der Waals surface area contributed by atoms with Gasteiger partial charge in [0.15, 0.2) is 19.5 Å². The van der Waals surface area contributed by atoms with Crippen LogP contribution in [0.25, 0.3) is 0 Å². The smallest absolute Gasteiger partial charge is 0.254 e. The second kappa shape index (κ2) is 16.2. The van der Waals surface area contributed by atoms with Crippen molar-refractivity contribution in [3.8, 4) is 23.0 Å². The van der Waals surface area contributed by atoms with E-state index in [4.69, 9.17) is 31.7 Å². The summed E-state index contributed by atoms with van der Waals surface area (Å²) in [5.41, 5.74) is 1.65. The summed E-state index contributed by atoms with van der Waals surface area (Å²) in [4.78, 5) is 17.6. The van der Waals surface area contributed by atoms with E-state index >= 15 is 0 Å². The summed E-state index contributed by atoms with van der Waals surface area (Å²) >= 11 is 0. The molecule has 1 aliphatic rings. The molecular weight excluding hydrogens is 543 g/mol. The number of methoxy groups -OCH3 is 2. The molecule has 1 saturated heterocycles. The minimum absolute atomic E-state index is 0.0304. The number of rotatable bonds is 15. The largest absolute Gasteiger partial charge is 0.493 e. The third-order valence-electron chi connectivity index (χ3n) is 7.43. The van der Waals surface area contributed by atoms with Gasteiger partial charge in [-0.3, -0.25) is 4.79 Å². The normalized spacial score (nSPS) is 17.0. The van der Waals surface area contributed by atoms with Gasteiger partial charge in [-0.05, 0) is 62.7 Å². The Kier molecular flexibility index (Phi) is 12.2. The van der Waals surface area contributed by atoms with Gasteiger partial charge in [0, 0.05) is 56.3 Å². The maximum absolute atomic E-state index is 13.9. The molecule has 0 spiro atoms. The molecule has 43 heavy (non-hydrogen) atoms. The van der Waals surface area contributed by atoms with E-state index in [1.807, 2.05) is 73.3 Å². The number of hydrogen-bond acceptors (Lipinski definition) is 7. The Balaban J connectivity index is 1.40. The molecule has 2 unspecified atom stereocenters. The monoisotopic (exact) mass is 586 g/mol. The van der Waals surface area contributed by atoms with Gasteiger partial charge in [-0.1, -0.05) is 36.4 Å². The highest BCUT2D eigenvalue weighted by Gasteiger charge is 2.34. The summed E-state index contributed by atoms with van der Waals surface area (Å²) in [6.45, 7) is 7.36. The van der Waals surface area contributed by atoms with Crippen molar-refractivity contribution in [3.63, 3.8) is 0 Å². The van der Waals surface area contributed by atoms with E-state index in [1.54, 1.807) is 37.2 Å². The molecule has 1 heterocycles. The summed E-state index contributed by atoms with van der Waals surface area (Å²) in [6, 6.07) is 23.0. The van der Waals surface area contributed by atoms with E-state index in [0.29, 0.717) is 56.6 Å². The van der Waals surface area contributed by atoms with Crippen LogP contribution in [0.2, 0.25) is 0 Å².